The number of nitrogens with one attached hydrogen (secondary N) is 3. The van der Waals surface area contributed by atoms with E-state index in [1.54, 1.807) is 6.92 Å². The average molecular weight is 390 g/mol. The molecule has 1 aromatic carbocycles. The summed E-state index contributed by atoms with van der Waals surface area (Å²) in [4.78, 5) is 29.0. The van der Waals surface area contributed by atoms with Crippen LogP contribution in [0.2, 0.25) is 0 Å². The zero-order valence-corrected chi connectivity index (χ0v) is 18.1. The number of rotatable bonds is 5. The summed E-state index contributed by atoms with van der Waals surface area (Å²) in [6.07, 6.45) is 0. The molecule has 0 bridgehead atoms. The molecule has 1 heterocycles. The Morgan fingerprint density at radius 2 is 1.79 bits per heavy atom. The molecule has 0 saturated carbocycles. The molecule has 3 N–H and O–H groups in total. The quantitative estimate of drug-likeness (QED) is 0.722. The van der Waals surface area contributed by atoms with Gasteiger partial charge in [-0.05, 0) is 64.9 Å². The van der Waals surface area contributed by atoms with Gasteiger partial charge in [-0.1, -0.05) is 6.92 Å². The number of amides is 3. The number of nitrogens with zero attached hydrogens (tertiary/aromatic N) is 2. The third-order valence-electron chi connectivity index (χ3n) is 4.89. The van der Waals surface area contributed by atoms with E-state index in [2.05, 4.69) is 44.8 Å². The van der Waals surface area contributed by atoms with E-state index in [9.17, 15) is 9.59 Å². The van der Waals surface area contributed by atoms with Crippen molar-refractivity contribution in [2.45, 2.75) is 53.1 Å². The largest absolute Gasteiger partial charge is 0.374 e. The second kappa shape index (κ2) is 9.28. The molecule has 7 nitrogen and oxygen atoms in total. The Hall–Kier alpha value is -2.28. The monoisotopic (exact) mass is 389 g/mol. The van der Waals surface area contributed by atoms with Crippen molar-refractivity contribution in [3.8, 4) is 0 Å². The van der Waals surface area contributed by atoms with Crippen LogP contribution in [0.25, 0.3) is 0 Å². The number of likely N-dealkylation sites (N-methyl/N-ethyl adjacent to an activating group) is 1. The average Bonchev–Trinajstić information content (AvgIpc) is 2.61. The van der Waals surface area contributed by atoms with Gasteiger partial charge in [0, 0.05) is 43.1 Å². The van der Waals surface area contributed by atoms with Crippen LogP contribution in [0, 0.1) is 6.92 Å². The predicted molar refractivity (Wildman–Crippen MR) is 115 cm³/mol. The van der Waals surface area contributed by atoms with Gasteiger partial charge in [-0.15, -0.1) is 0 Å². The number of carbonyl (C=O) groups is 2. The Morgan fingerprint density at radius 3 is 2.32 bits per heavy atom. The first kappa shape index (κ1) is 22.0. The van der Waals surface area contributed by atoms with Gasteiger partial charge in [0.05, 0.1) is 0 Å². The second-order valence-electron chi connectivity index (χ2n) is 8.48. The molecule has 1 fully saturated rings. The van der Waals surface area contributed by atoms with Crippen molar-refractivity contribution < 1.29 is 9.59 Å². The maximum atomic E-state index is 12.3. The van der Waals surface area contributed by atoms with Gasteiger partial charge >= 0.3 is 6.03 Å². The fourth-order valence-electron chi connectivity index (χ4n) is 3.22. The maximum absolute atomic E-state index is 12.3. The standard InChI is InChI=1S/C21H35N5O2/c1-7-25-10-12-26(13-11-25)17-8-9-18(15(2)14-17)22-16(3)19(27)23-20(28)24-21(4,5)6/h8-9,14,16,22H,7,10-13H2,1-6H3,(H2,23,24,27,28)/t16-/m0/s1. The molecular formula is C21H35N5O2. The van der Waals surface area contributed by atoms with Crippen LogP contribution in [0.4, 0.5) is 16.2 Å². The number of hydrogen-bond donors (Lipinski definition) is 3. The van der Waals surface area contributed by atoms with Crippen LogP contribution in [-0.4, -0.2) is 61.1 Å². The Morgan fingerprint density at radius 1 is 1.14 bits per heavy atom. The van der Waals surface area contributed by atoms with Crippen molar-refractivity contribution in [2.75, 3.05) is 42.9 Å². The maximum Gasteiger partial charge on any atom is 0.321 e. The highest BCUT2D eigenvalue weighted by molar-refractivity contribution is 5.98. The van der Waals surface area contributed by atoms with Crippen molar-refractivity contribution >= 4 is 23.3 Å². The lowest BCUT2D eigenvalue weighted by Crippen LogP contribution is -2.51. The highest BCUT2D eigenvalue weighted by atomic mass is 16.2. The molecule has 0 spiro atoms. The molecular weight excluding hydrogens is 354 g/mol. The summed E-state index contributed by atoms with van der Waals surface area (Å²) in [5.74, 6) is -0.360. The molecule has 0 radical (unpaired) electrons. The van der Waals surface area contributed by atoms with Gasteiger partial charge in [0.25, 0.3) is 0 Å². The fourth-order valence-corrected chi connectivity index (χ4v) is 3.22. The summed E-state index contributed by atoms with van der Waals surface area (Å²) < 4.78 is 0. The minimum atomic E-state index is -0.525. The Bertz CT molecular complexity index is 691. The van der Waals surface area contributed by atoms with Crippen LogP contribution in [0.1, 0.15) is 40.2 Å². The van der Waals surface area contributed by atoms with Crippen LogP contribution in [0.3, 0.4) is 0 Å². The van der Waals surface area contributed by atoms with E-state index in [0.717, 1.165) is 44.0 Å². The van der Waals surface area contributed by atoms with Crippen LogP contribution in [0.5, 0.6) is 0 Å². The van der Waals surface area contributed by atoms with Crippen molar-refractivity contribution in [3.05, 3.63) is 23.8 Å². The summed E-state index contributed by atoms with van der Waals surface area (Å²) in [5, 5.41) is 8.31. The van der Waals surface area contributed by atoms with Crippen LogP contribution >= 0.6 is 0 Å². The van der Waals surface area contributed by atoms with Crippen molar-refractivity contribution in [1.29, 1.82) is 0 Å². The van der Waals surface area contributed by atoms with E-state index in [-0.39, 0.29) is 5.91 Å². The molecule has 7 heteroatoms. The number of anilines is 2. The third-order valence-corrected chi connectivity index (χ3v) is 4.89. The summed E-state index contributed by atoms with van der Waals surface area (Å²) in [5.41, 5.74) is 2.79. The van der Waals surface area contributed by atoms with E-state index >= 15 is 0 Å². The predicted octanol–water partition coefficient (Wildman–Crippen LogP) is 2.56. The molecule has 0 unspecified atom stereocenters. The first-order chi connectivity index (χ1) is 13.1. The Labute approximate surface area is 168 Å². The minimum Gasteiger partial charge on any atom is -0.374 e. The van der Waals surface area contributed by atoms with Crippen LogP contribution in [0.15, 0.2) is 18.2 Å². The van der Waals surface area contributed by atoms with E-state index < -0.39 is 17.6 Å². The third kappa shape index (κ3) is 6.41. The molecule has 1 aliphatic heterocycles. The fraction of sp³-hybridized carbons (Fsp3) is 0.619. The molecule has 28 heavy (non-hydrogen) atoms. The van der Waals surface area contributed by atoms with Gasteiger partial charge in [-0.2, -0.15) is 0 Å². The molecule has 1 aromatic rings. The molecule has 2 rings (SSSR count). The van der Waals surface area contributed by atoms with Gasteiger partial charge in [0.15, 0.2) is 0 Å². The van der Waals surface area contributed by atoms with E-state index in [1.165, 1.54) is 5.69 Å². The minimum absolute atomic E-state index is 0.360. The summed E-state index contributed by atoms with van der Waals surface area (Å²) in [6, 6.07) is 5.25. The van der Waals surface area contributed by atoms with Crippen molar-refractivity contribution in [1.82, 2.24) is 15.5 Å². The summed E-state index contributed by atoms with van der Waals surface area (Å²) in [7, 11) is 0. The second-order valence-corrected chi connectivity index (χ2v) is 8.48. The molecule has 0 aliphatic carbocycles. The molecule has 156 valence electrons. The first-order valence-corrected chi connectivity index (χ1v) is 10.1. The number of hydrogen-bond acceptors (Lipinski definition) is 5. The van der Waals surface area contributed by atoms with E-state index in [0.29, 0.717) is 0 Å². The Kier molecular flexibility index (Phi) is 7.29. The lowest BCUT2D eigenvalue weighted by Gasteiger charge is -2.35. The van der Waals surface area contributed by atoms with E-state index in [4.69, 9.17) is 0 Å². The van der Waals surface area contributed by atoms with Gasteiger partial charge < -0.3 is 20.4 Å². The highest BCUT2D eigenvalue weighted by Crippen LogP contribution is 2.24. The van der Waals surface area contributed by atoms with Gasteiger partial charge in [-0.3, -0.25) is 10.1 Å². The molecule has 1 atom stereocenters. The van der Waals surface area contributed by atoms with Crippen molar-refractivity contribution in [2.24, 2.45) is 0 Å². The number of piperazine rings is 1. The smallest absolute Gasteiger partial charge is 0.321 e. The lowest BCUT2D eigenvalue weighted by atomic mass is 10.1. The summed E-state index contributed by atoms with van der Waals surface area (Å²) >= 11 is 0. The molecule has 1 saturated heterocycles. The molecule has 1 aliphatic rings. The van der Waals surface area contributed by atoms with E-state index in [1.807, 2.05) is 33.8 Å². The van der Waals surface area contributed by atoms with Gasteiger partial charge in [0.2, 0.25) is 5.91 Å². The zero-order valence-electron chi connectivity index (χ0n) is 18.1. The Balaban J connectivity index is 1.93. The number of aryl methyl sites for hydroxylation is 1. The zero-order chi connectivity index (χ0) is 20.9. The van der Waals surface area contributed by atoms with Crippen LogP contribution in [-0.2, 0) is 4.79 Å². The van der Waals surface area contributed by atoms with Gasteiger partial charge in [0.1, 0.15) is 6.04 Å². The van der Waals surface area contributed by atoms with Crippen LogP contribution < -0.4 is 20.9 Å². The lowest BCUT2D eigenvalue weighted by molar-refractivity contribution is -0.120. The topological polar surface area (TPSA) is 76.7 Å². The first-order valence-electron chi connectivity index (χ1n) is 10.1. The normalized spacial score (nSPS) is 16.4. The highest BCUT2D eigenvalue weighted by Gasteiger charge is 2.20. The number of imide groups is 1. The number of carbonyl (C=O) groups excluding carboxylic acids is 2. The molecule has 3 amide bonds. The SMILES string of the molecule is CCN1CCN(c2ccc(N[C@@H](C)C(=O)NC(=O)NC(C)(C)C)c(C)c2)CC1. The van der Waals surface area contributed by atoms with Crippen molar-refractivity contribution in [3.63, 3.8) is 0 Å². The van der Waals surface area contributed by atoms with Gasteiger partial charge in [-0.25, -0.2) is 4.79 Å². The summed E-state index contributed by atoms with van der Waals surface area (Å²) in [6.45, 7) is 16.9. The molecule has 0 aromatic heterocycles. The number of urea groups is 1. The number of benzene rings is 1.